The molecule has 0 aromatic rings. The van der Waals surface area contributed by atoms with Gasteiger partial charge in [-0.3, -0.25) is 4.90 Å². The Bertz CT molecular complexity index is 282. The maximum Gasteiger partial charge on any atom is 0.0614 e. The fraction of sp³-hybridized carbons (Fsp3) is 1.00. The molecule has 3 unspecified atom stereocenters. The number of aliphatic hydroxyl groups is 1. The van der Waals surface area contributed by atoms with Gasteiger partial charge in [-0.15, -0.1) is 0 Å². The van der Waals surface area contributed by atoms with Crippen molar-refractivity contribution >= 4 is 0 Å². The van der Waals surface area contributed by atoms with Crippen LogP contribution in [0.15, 0.2) is 0 Å². The number of nitrogens with one attached hydrogen (secondary N) is 1. The minimum absolute atomic E-state index is 0.0230. The van der Waals surface area contributed by atoms with Gasteiger partial charge in [0.2, 0.25) is 0 Å². The van der Waals surface area contributed by atoms with Gasteiger partial charge in [0.05, 0.1) is 6.61 Å². The van der Waals surface area contributed by atoms with Crippen LogP contribution in [-0.2, 0) is 0 Å². The fourth-order valence-electron chi connectivity index (χ4n) is 4.15. The number of nitrogens with zero attached hydrogens (tertiary/aromatic N) is 1. The molecule has 112 valence electrons. The zero-order valence-corrected chi connectivity index (χ0v) is 13.0. The molecule has 19 heavy (non-hydrogen) atoms. The van der Waals surface area contributed by atoms with E-state index in [1.54, 1.807) is 0 Å². The molecule has 1 aliphatic carbocycles. The average Bonchev–Trinajstić information content (AvgIpc) is 2.65. The Morgan fingerprint density at radius 3 is 2.74 bits per heavy atom. The Hall–Kier alpha value is -0.120. The average molecular weight is 268 g/mol. The second kappa shape index (κ2) is 6.55. The number of hydrogen-bond acceptors (Lipinski definition) is 3. The molecule has 2 rings (SSSR count). The van der Waals surface area contributed by atoms with E-state index in [-0.39, 0.29) is 12.1 Å². The van der Waals surface area contributed by atoms with Crippen LogP contribution < -0.4 is 5.32 Å². The first-order valence-corrected chi connectivity index (χ1v) is 8.20. The second-order valence-corrected chi connectivity index (χ2v) is 7.07. The molecule has 2 fully saturated rings. The van der Waals surface area contributed by atoms with Crippen molar-refractivity contribution in [2.75, 3.05) is 13.2 Å². The summed E-state index contributed by atoms with van der Waals surface area (Å²) >= 11 is 0. The first-order chi connectivity index (χ1) is 9.06. The normalized spacial score (nSPS) is 37.7. The molecular formula is C16H32N2O. The van der Waals surface area contributed by atoms with E-state index in [0.29, 0.717) is 12.1 Å². The highest BCUT2D eigenvalue weighted by molar-refractivity contribution is 5.01. The smallest absolute Gasteiger partial charge is 0.0614 e. The first kappa shape index (κ1) is 15.3. The van der Waals surface area contributed by atoms with Crippen LogP contribution in [0.3, 0.4) is 0 Å². The summed E-state index contributed by atoms with van der Waals surface area (Å²) in [6.45, 7) is 8.29. The van der Waals surface area contributed by atoms with Gasteiger partial charge in [0.1, 0.15) is 0 Å². The number of aliphatic hydroxyl groups excluding tert-OH is 1. The van der Waals surface area contributed by atoms with Crippen LogP contribution in [0.1, 0.15) is 65.7 Å². The lowest BCUT2D eigenvalue weighted by atomic mass is 9.97. The molecule has 2 N–H and O–H groups in total. The van der Waals surface area contributed by atoms with E-state index >= 15 is 0 Å². The fourth-order valence-corrected chi connectivity index (χ4v) is 4.15. The van der Waals surface area contributed by atoms with Gasteiger partial charge >= 0.3 is 0 Å². The minimum Gasteiger partial charge on any atom is -0.394 e. The predicted molar refractivity (Wildman–Crippen MR) is 80.4 cm³/mol. The third-order valence-electron chi connectivity index (χ3n) is 5.05. The second-order valence-electron chi connectivity index (χ2n) is 7.07. The van der Waals surface area contributed by atoms with E-state index < -0.39 is 0 Å². The van der Waals surface area contributed by atoms with Crippen molar-refractivity contribution in [2.45, 2.75) is 89.4 Å². The van der Waals surface area contributed by atoms with Crippen LogP contribution in [-0.4, -0.2) is 46.8 Å². The third kappa shape index (κ3) is 3.71. The molecule has 0 spiro atoms. The van der Waals surface area contributed by atoms with Crippen LogP contribution in [0.25, 0.3) is 0 Å². The van der Waals surface area contributed by atoms with Gasteiger partial charge in [-0.05, 0) is 45.6 Å². The monoisotopic (exact) mass is 268 g/mol. The van der Waals surface area contributed by atoms with Crippen LogP contribution in [0.4, 0.5) is 0 Å². The molecule has 1 saturated carbocycles. The van der Waals surface area contributed by atoms with Gasteiger partial charge in [-0.25, -0.2) is 0 Å². The molecule has 0 bridgehead atoms. The molecule has 1 saturated heterocycles. The molecule has 3 atom stereocenters. The summed E-state index contributed by atoms with van der Waals surface area (Å²) < 4.78 is 0. The molecule has 1 aliphatic heterocycles. The van der Waals surface area contributed by atoms with E-state index in [1.807, 2.05) is 0 Å². The standard InChI is InChI=1S/C16H32N2O/c1-13(2)17-16(12-19)9-8-15(11-16)18-10-6-4-5-7-14(18)3/h13-15,17,19H,4-12H2,1-3H3. The number of hydrogen-bond donors (Lipinski definition) is 2. The third-order valence-corrected chi connectivity index (χ3v) is 5.05. The van der Waals surface area contributed by atoms with Crippen molar-refractivity contribution in [1.29, 1.82) is 0 Å². The van der Waals surface area contributed by atoms with Gasteiger partial charge in [-0.2, -0.15) is 0 Å². The summed E-state index contributed by atoms with van der Waals surface area (Å²) in [7, 11) is 0. The lowest BCUT2D eigenvalue weighted by molar-refractivity contribution is 0.117. The molecule has 3 heteroatoms. The van der Waals surface area contributed by atoms with E-state index in [4.69, 9.17) is 0 Å². The maximum absolute atomic E-state index is 9.82. The van der Waals surface area contributed by atoms with Gasteiger partial charge in [-0.1, -0.05) is 26.7 Å². The summed E-state index contributed by atoms with van der Waals surface area (Å²) in [6, 6.07) is 1.85. The summed E-state index contributed by atoms with van der Waals surface area (Å²) in [4.78, 5) is 2.73. The van der Waals surface area contributed by atoms with E-state index in [2.05, 4.69) is 31.0 Å². The highest BCUT2D eigenvalue weighted by atomic mass is 16.3. The topological polar surface area (TPSA) is 35.5 Å². The molecular weight excluding hydrogens is 236 g/mol. The van der Waals surface area contributed by atoms with Gasteiger partial charge in [0.15, 0.2) is 0 Å². The molecule has 2 aliphatic rings. The van der Waals surface area contributed by atoms with Crippen molar-refractivity contribution < 1.29 is 5.11 Å². The molecule has 0 amide bonds. The predicted octanol–water partition coefficient (Wildman–Crippen LogP) is 2.53. The van der Waals surface area contributed by atoms with E-state index in [9.17, 15) is 5.11 Å². The summed E-state index contributed by atoms with van der Waals surface area (Å²) in [5.74, 6) is 0. The quantitative estimate of drug-likeness (QED) is 0.822. The van der Waals surface area contributed by atoms with Crippen LogP contribution in [0.5, 0.6) is 0 Å². The first-order valence-electron chi connectivity index (χ1n) is 8.20. The summed E-state index contributed by atoms with van der Waals surface area (Å²) in [5, 5.41) is 13.4. The van der Waals surface area contributed by atoms with Crippen LogP contribution in [0, 0.1) is 0 Å². The lowest BCUT2D eigenvalue weighted by Crippen LogP contribution is -2.51. The lowest BCUT2D eigenvalue weighted by Gasteiger charge is -2.36. The van der Waals surface area contributed by atoms with Crippen molar-refractivity contribution in [3.8, 4) is 0 Å². The maximum atomic E-state index is 9.82. The van der Waals surface area contributed by atoms with Crippen molar-refractivity contribution in [3.05, 3.63) is 0 Å². The molecule has 0 aromatic heterocycles. The van der Waals surface area contributed by atoms with E-state index in [1.165, 1.54) is 38.6 Å². The molecule has 1 heterocycles. The minimum atomic E-state index is -0.0230. The Morgan fingerprint density at radius 2 is 2.05 bits per heavy atom. The Kier molecular flexibility index (Phi) is 5.27. The molecule has 3 nitrogen and oxygen atoms in total. The van der Waals surface area contributed by atoms with Crippen molar-refractivity contribution in [3.63, 3.8) is 0 Å². The Balaban J connectivity index is 1.99. The zero-order chi connectivity index (χ0) is 13.9. The summed E-state index contributed by atoms with van der Waals surface area (Å²) in [5.41, 5.74) is -0.0230. The van der Waals surface area contributed by atoms with Crippen LogP contribution in [0.2, 0.25) is 0 Å². The van der Waals surface area contributed by atoms with Crippen molar-refractivity contribution in [1.82, 2.24) is 10.2 Å². The van der Waals surface area contributed by atoms with Gasteiger partial charge in [0, 0.05) is 23.7 Å². The molecule has 0 aromatic carbocycles. The number of likely N-dealkylation sites (tertiary alicyclic amines) is 1. The number of rotatable bonds is 4. The largest absolute Gasteiger partial charge is 0.394 e. The molecule has 0 radical (unpaired) electrons. The Labute approximate surface area is 118 Å². The van der Waals surface area contributed by atoms with Gasteiger partial charge in [0.25, 0.3) is 0 Å². The Morgan fingerprint density at radius 1 is 1.26 bits per heavy atom. The van der Waals surface area contributed by atoms with E-state index in [0.717, 1.165) is 18.9 Å². The van der Waals surface area contributed by atoms with Crippen molar-refractivity contribution in [2.24, 2.45) is 0 Å². The summed E-state index contributed by atoms with van der Waals surface area (Å²) in [6.07, 6.45) is 8.96. The SMILES string of the molecule is CC(C)NC1(CO)CCC(N2CCCCCC2C)C1. The zero-order valence-electron chi connectivity index (χ0n) is 13.0. The van der Waals surface area contributed by atoms with Gasteiger partial charge < -0.3 is 10.4 Å². The highest BCUT2D eigenvalue weighted by Gasteiger charge is 2.42. The van der Waals surface area contributed by atoms with Crippen LogP contribution >= 0.6 is 0 Å². The highest BCUT2D eigenvalue weighted by Crippen LogP contribution is 2.35.